The lowest BCUT2D eigenvalue weighted by Crippen LogP contribution is -2.47. The molecule has 0 radical (unpaired) electrons. The zero-order valence-electron chi connectivity index (χ0n) is 22.0. The van der Waals surface area contributed by atoms with Gasteiger partial charge in [-0.15, -0.1) is 0 Å². The second-order valence-corrected chi connectivity index (χ2v) is 11.2. The van der Waals surface area contributed by atoms with Gasteiger partial charge in [-0.3, -0.25) is 9.52 Å². The van der Waals surface area contributed by atoms with E-state index < -0.39 is 10.0 Å². The van der Waals surface area contributed by atoms with Gasteiger partial charge in [-0.1, -0.05) is 55.8 Å². The molecule has 38 heavy (non-hydrogen) atoms. The van der Waals surface area contributed by atoms with Crippen LogP contribution in [0.5, 0.6) is 5.75 Å². The minimum absolute atomic E-state index is 0.0473. The molecule has 0 saturated carbocycles. The van der Waals surface area contributed by atoms with E-state index in [1.165, 1.54) is 0 Å². The van der Waals surface area contributed by atoms with Gasteiger partial charge in [0.15, 0.2) is 0 Å². The number of amides is 1. The smallest absolute Gasteiger partial charge is 0.253 e. The van der Waals surface area contributed by atoms with Gasteiger partial charge in [0.1, 0.15) is 5.75 Å². The molecule has 202 valence electrons. The molecule has 1 aliphatic rings. The van der Waals surface area contributed by atoms with Crippen LogP contribution in [0, 0.1) is 0 Å². The van der Waals surface area contributed by atoms with Crippen LogP contribution in [0.15, 0.2) is 72.8 Å². The summed E-state index contributed by atoms with van der Waals surface area (Å²) in [6.45, 7) is 5.27. The fourth-order valence-electron chi connectivity index (χ4n) is 4.57. The third-order valence-electron chi connectivity index (χ3n) is 6.62. The molecular formula is C29H36N4O4S. The lowest BCUT2D eigenvalue weighted by atomic mass is 10.1. The number of hydrogen-bond donors (Lipinski definition) is 2. The summed E-state index contributed by atoms with van der Waals surface area (Å²) in [5.74, 6) is 0.637. The van der Waals surface area contributed by atoms with Gasteiger partial charge < -0.3 is 19.9 Å². The molecule has 1 fully saturated rings. The first-order valence-electron chi connectivity index (χ1n) is 13.0. The Morgan fingerprint density at radius 1 is 0.895 bits per heavy atom. The standard InChI is InChI=1S/C29H36N4O4S/c1-3-4-20-38(35,36)31-24-14-15-26(25(21-24)29(34)30-22-23-10-6-5-7-11-23)32-16-18-33(19-17-32)27-12-8-9-13-28(27)37-2/h5-15,21,31H,3-4,16-20,22H2,1-2H3,(H,30,34). The summed E-state index contributed by atoms with van der Waals surface area (Å²) in [6.07, 6.45) is 1.36. The van der Waals surface area contributed by atoms with Gasteiger partial charge >= 0.3 is 0 Å². The van der Waals surface area contributed by atoms with E-state index in [2.05, 4.69) is 25.9 Å². The maximum Gasteiger partial charge on any atom is 0.253 e. The van der Waals surface area contributed by atoms with Crippen LogP contribution in [0.2, 0.25) is 0 Å². The van der Waals surface area contributed by atoms with E-state index >= 15 is 0 Å². The quantitative estimate of drug-likeness (QED) is 0.375. The Balaban J connectivity index is 1.55. The van der Waals surface area contributed by atoms with Crippen molar-refractivity contribution >= 4 is 33.0 Å². The fraction of sp³-hybridized carbons (Fsp3) is 0.345. The largest absolute Gasteiger partial charge is 0.495 e. The van der Waals surface area contributed by atoms with E-state index in [1.807, 2.05) is 61.5 Å². The third-order valence-corrected chi connectivity index (χ3v) is 8.00. The summed E-state index contributed by atoms with van der Waals surface area (Å²) in [6, 6.07) is 22.9. The van der Waals surface area contributed by atoms with Crippen LogP contribution >= 0.6 is 0 Å². The molecule has 0 aromatic heterocycles. The van der Waals surface area contributed by atoms with Gasteiger partial charge in [-0.05, 0) is 42.3 Å². The monoisotopic (exact) mass is 536 g/mol. The van der Waals surface area contributed by atoms with Gasteiger partial charge in [0.2, 0.25) is 10.0 Å². The highest BCUT2D eigenvalue weighted by Gasteiger charge is 2.24. The molecule has 3 aromatic carbocycles. The van der Waals surface area contributed by atoms with Crippen molar-refractivity contribution in [2.75, 3.05) is 53.6 Å². The van der Waals surface area contributed by atoms with Gasteiger partial charge in [-0.25, -0.2) is 8.42 Å². The maximum atomic E-state index is 13.4. The summed E-state index contributed by atoms with van der Waals surface area (Å²) in [7, 11) is -1.82. The first-order valence-corrected chi connectivity index (χ1v) is 14.6. The predicted molar refractivity (Wildman–Crippen MR) is 154 cm³/mol. The van der Waals surface area contributed by atoms with Crippen LogP contribution < -0.4 is 24.6 Å². The summed E-state index contributed by atoms with van der Waals surface area (Å²) < 4.78 is 33.2. The molecule has 4 rings (SSSR count). The van der Waals surface area contributed by atoms with E-state index in [-0.39, 0.29) is 11.7 Å². The molecule has 8 nitrogen and oxygen atoms in total. The number of benzene rings is 3. The van der Waals surface area contributed by atoms with Crippen molar-refractivity contribution in [3.63, 3.8) is 0 Å². The number of nitrogens with one attached hydrogen (secondary N) is 2. The average Bonchev–Trinajstić information content (AvgIpc) is 2.95. The van der Waals surface area contributed by atoms with Crippen LogP contribution in [0.1, 0.15) is 35.7 Å². The highest BCUT2D eigenvalue weighted by atomic mass is 32.2. The number of methoxy groups -OCH3 is 1. The number of ether oxygens (including phenoxy) is 1. The predicted octanol–water partition coefficient (Wildman–Crippen LogP) is 4.49. The summed E-state index contributed by atoms with van der Waals surface area (Å²) in [4.78, 5) is 17.9. The number of para-hydroxylation sites is 2. The van der Waals surface area contributed by atoms with Gasteiger partial charge in [0, 0.05) is 44.1 Å². The number of anilines is 3. The second-order valence-electron chi connectivity index (χ2n) is 9.32. The Morgan fingerprint density at radius 2 is 1.55 bits per heavy atom. The Hall–Kier alpha value is -3.72. The van der Waals surface area contributed by atoms with E-state index in [9.17, 15) is 13.2 Å². The van der Waals surface area contributed by atoms with E-state index in [0.29, 0.717) is 37.3 Å². The number of piperazine rings is 1. The molecule has 1 heterocycles. The van der Waals surface area contributed by atoms with Crippen molar-refractivity contribution in [2.24, 2.45) is 0 Å². The topological polar surface area (TPSA) is 91.0 Å². The molecule has 0 bridgehead atoms. The number of carbonyl (C=O) groups is 1. The molecule has 1 aliphatic heterocycles. The number of nitrogens with zero attached hydrogens (tertiary/aromatic N) is 2. The van der Waals surface area contributed by atoms with E-state index in [0.717, 1.165) is 42.2 Å². The van der Waals surface area contributed by atoms with Gasteiger partial charge in [0.05, 0.1) is 24.1 Å². The van der Waals surface area contributed by atoms with Crippen LogP contribution in [-0.4, -0.2) is 53.4 Å². The van der Waals surface area contributed by atoms with Crippen molar-refractivity contribution in [1.82, 2.24) is 5.32 Å². The van der Waals surface area contributed by atoms with Crippen LogP contribution in [0.3, 0.4) is 0 Å². The first-order chi connectivity index (χ1) is 18.4. The maximum absolute atomic E-state index is 13.4. The molecule has 2 N–H and O–H groups in total. The Bertz CT molecular complexity index is 1320. The van der Waals surface area contributed by atoms with Crippen LogP contribution in [0.4, 0.5) is 17.1 Å². The normalized spacial score (nSPS) is 13.7. The molecule has 0 spiro atoms. The Morgan fingerprint density at radius 3 is 2.24 bits per heavy atom. The Kier molecular flexibility index (Phi) is 9.12. The molecule has 0 aliphatic carbocycles. The number of rotatable bonds is 11. The molecular weight excluding hydrogens is 500 g/mol. The molecule has 1 saturated heterocycles. The lowest BCUT2D eigenvalue weighted by molar-refractivity contribution is 0.0951. The molecule has 0 unspecified atom stereocenters. The molecule has 9 heteroatoms. The fourth-order valence-corrected chi connectivity index (χ4v) is 5.83. The minimum atomic E-state index is -3.49. The van der Waals surface area contributed by atoms with Gasteiger partial charge in [-0.2, -0.15) is 0 Å². The van der Waals surface area contributed by atoms with Crippen LogP contribution in [-0.2, 0) is 16.6 Å². The van der Waals surface area contributed by atoms with Gasteiger partial charge in [0.25, 0.3) is 5.91 Å². The van der Waals surface area contributed by atoms with Crippen molar-refractivity contribution in [2.45, 2.75) is 26.3 Å². The zero-order valence-corrected chi connectivity index (χ0v) is 22.8. The minimum Gasteiger partial charge on any atom is -0.495 e. The zero-order chi connectivity index (χ0) is 27.0. The van der Waals surface area contributed by atoms with Crippen molar-refractivity contribution in [1.29, 1.82) is 0 Å². The second kappa shape index (κ2) is 12.7. The van der Waals surface area contributed by atoms with E-state index in [1.54, 1.807) is 19.2 Å². The average molecular weight is 537 g/mol. The summed E-state index contributed by atoms with van der Waals surface area (Å²) in [5.41, 5.74) is 3.66. The number of hydrogen-bond acceptors (Lipinski definition) is 6. The number of sulfonamides is 1. The van der Waals surface area contributed by atoms with Crippen LogP contribution in [0.25, 0.3) is 0 Å². The summed E-state index contributed by atoms with van der Waals surface area (Å²) >= 11 is 0. The highest BCUT2D eigenvalue weighted by Crippen LogP contribution is 2.31. The van der Waals surface area contributed by atoms with Crippen molar-refractivity contribution in [3.05, 3.63) is 83.9 Å². The van der Waals surface area contributed by atoms with Crippen molar-refractivity contribution < 1.29 is 17.9 Å². The third kappa shape index (κ3) is 6.98. The first kappa shape index (κ1) is 27.3. The SMILES string of the molecule is CCCCS(=O)(=O)Nc1ccc(N2CCN(c3ccccc3OC)CC2)c(C(=O)NCc2ccccc2)c1. The molecule has 0 atom stereocenters. The number of unbranched alkanes of at least 4 members (excludes halogenated alkanes) is 1. The highest BCUT2D eigenvalue weighted by molar-refractivity contribution is 7.92. The van der Waals surface area contributed by atoms with Crippen molar-refractivity contribution in [3.8, 4) is 5.75 Å². The number of carbonyl (C=O) groups excluding carboxylic acids is 1. The van der Waals surface area contributed by atoms with E-state index in [4.69, 9.17) is 4.74 Å². The molecule has 3 aromatic rings. The molecule has 1 amide bonds. The Labute approximate surface area is 225 Å². The lowest BCUT2D eigenvalue weighted by Gasteiger charge is -2.38. The summed E-state index contributed by atoms with van der Waals surface area (Å²) in [5, 5.41) is 3.00.